The van der Waals surface area contributed by atoms with Gasteiger partial charge in [-0.15, -0.1) is 0 Å². The third-order valence-corrected chi connectivity index (χ3v) is 22.4. The molecule has 2 aliphatic carbocycles. The summed E-state index contributed by atoms with van der Waals surface area (Å²) in [5.41, 5.74) is 22.6. The Balaban J connectivity index is 0.000000244. The Bertz CT molecular complexity index is 4270. The van der Waals surface area contributed by atoms with Gasteiger partial charge in [0.1, 0.15) is 18.3 Å². The van der Waals surface area contributed by atoms with Crippen LogP contribution in [0.1, 0.15) is 252 Å². The molecule has 6 atom stereocenters. The molecule has 0 saturated carbocycles. The fraction of sp³-hybridized carbons (Fsp3) is 0.381. The average molecular weight is 1610 g/mol. The molecule has 0 aliphatic heterocycles. The van der Waals surface area contributed by atoms with Crippen LogP contribution in [0.25, 0.3) is 44.5 Å². The number of hydrogen-bond acceptors (Lipinski definition) is 6. The lowest BCUT2D eigenvalue weighted by Gasteiger charge is -2.44. The molecule has 9 heteroatoms. The van der Waals surface area contributed by atoms with Crippen LogP contribution in [0.3, 0.4) is 0 Å². The summed E-state index contributed by atoms with van der Waals surface area (Å²) in [7, 11) is 0. The molecule has 0 spiro atoms. The van der Waals surface area contributed by atoms with Gasteiger partial charge in [-0.05, 0) is 250 Å². The summed E-state index contributed by atoms with van der Waals surface area (Å²) in [5.74, 6) is 1.18. The predicted molar refractivity (Wildman–Crippen MR) is 460 cm³/mol. The van der Waals surface area contributed by atoms with Gasteiger partial charge in [0.2, 0.25) is 0 Å². The second-order valence-electron chi connectivity index (χ2n) is 34.0. The first-order valence-electron chi connectivity index (χ1n) is 37.8. The maximum atomic E-state index is 6.89. The Morgan fingerprint density at radius 2 is 0.500 bits per heavy atom. The van der Waals surface area contributed by atoms with Gasteiger partial charge in [0, 0.05) is 40.9 Å². The second kappa shape index (κ2) is 34.5. The molecule has 106 heavy (non-hydrogen) atoms. The monoisotopic (exact) mass is 1610 g/mol. The molecule has 2 aliphatic rings. The summed E-state index contributed by atoms with van der Waals surface area (Å²) in [4.78, 5) is 20.3. The molecule has 0 saturated heterocycles. The summed E-state index contributed by atoms with van der Waals surface area (Å²) in [5, 5.41) is 6.62. The number of fused-ring (bicyclic) bond motifs is 6. The normalized spacial score (nSPS) is 15.3. The van der Waals surface area contributed by atoms with Crippen LogP contribution in [-0.4, -0.2) is 31.8 Å². The number of halogens is 3. The number of hydrogen-bond donors (Lipinski definition) is 0. The molecule has 0 amide bonds. The first-order valence-corrected chi connectivity index (χ1v) is 40.2. The Hall–Kier alpha value is -6.60. The largest absolute Gasteiger partial charge is 0.290 e. The zero-order valence-electron chi connectivity index (χ0n) is 66.4. The minimum absolute atomic E-state index is 0. The van der Waals surface area contributed by atoms with Gasteiger partial charge in [-0.25, -0.2) is 0 Å². The van der Waals surface area contributed by atoms with E-state index in [9.17, 15) is 0 Å². The van der Waals surface area contributed by atoms with Crippen molar-refractivity contribution >= 4 is 47.8 Å². The van der Waals surface area contributed by atoms with Gasteiger partial charge in [0.05, 0.1) is 18.1 Å². The van der Waals surface area contributed by atoms with E-state index in [0.29, 0.717) is 17.8 Å². The first-order chi connectivity index (χ1) is 49.4. The van der Waals surface area contributed by atoms with E-state index in [-0.39, 0.29) is 71.3 Å². The number of benzene rings is 10. The molecule has 0 N–H and O–H groups in total. The average Bonchev–Trinajstić information content (AvgIpc) is 1.58. The molecule has 6 nitrogen and oxygen atoms in total. The fourth-order valence-corrected chi connectivity index (χ4v) is 16.3. The third kappa shape index (κ3) is 19.2. The molecule has 10 aromatic rings. The number of hydroxylamine groups is 6. The van der Waals surface area contributed by atoms with Crippen LogP contribution in [0, 0.1) is 17.8 Å². The summed E-state index contributed by atoms with van der Waals surface area (Å²) < 4.78 is 3.38. The van der Waals surface area contributed by atoms with Crippen molar-refractivity contribution in [1.29, 1.82) is 0 Å². The van der Waals surface area contributed by atoms with Gasteiger partial charge < -0.3 is 0 Å². The highest BCUT2D eigenvalue weighted by Gasteiger charge is 2.41. The van der Waals surface area contributed by atoms with Gasteiger partial charge in [0.25, 0.3) is 0 Å². The van der Waals surface area contributed by atoms with E-state index in [1.165, 1.54) is 89.0 Å². The molecule has 0 fully saturated rings. The van der Waals surface area contributed by atoms with Crippen molar-refractivity contribution in [2.45, 2.75) is 224 Å². The first kappa shape index (κ1) is 83.4. The van der Waals surface area contributed by atoms with Crippen LogP contribution >= 0.6 is 47.8 Å². The Morgan fingerprint density at radius 3 is 0.755 bits per heavy atom. The highest BCUT2D eigenvalue weighted by molar-refractivity contribution is 9.11. The molecule has 12 rings (SSSR count). The molecule has 0 heterocycles. The lowest BCUT2D eigenvalue weighted by atomic mass is 9.81. The van der Waals surface area contributed by atoms with Crippen molar-refractivity contribution in [1.82, 2.24) is 15.2 Å². The van der Waals surface area contributed by atoms with E-state index in [2.05, 4.69) is 452 Å². The lowest BCUT2D eigenvalue weighted by Crippen LogP contribution is -2.46. The van der Waals surface area contributed by atoms with E-state index < -0.39 is 0 Å². The van der Waals surface area contributed by atoms with Crippen molar-refractivity contribution in [3.05, 3.63) is 306 Å². The van der Waals surface area contributed by atoms with Gasteiger partial charge in [-0.1, -0.05) is 313 Å². The van der Waals surface area contributed by atoms with E-state index >= 15 is 0 Å². The lowest BCUT2D eigenvalue weighted by molar-refractivity contribution is -0.272. The number of nitrogens with zero attached hydrogens (tertiary/aromatic N) is 3. The van der Waals surface area contributed by atoms with E-state index in [4.69, 9.17) is 14.5 Å². The Morgan fingerprint density at radius 1 is 0.274 bits per heavy atom. The van der Waals surface area contributed by atoms with Crippen molar-refractivity contribution in [3.8, 4) is 44.5 Å². The van der Waals surface area contributed by atoms with Gasteiger partial charge in [0.15, 0.2) is 0 Å². The SMILES string of the molecule is C.CC(ON(C(c1ccccc1)C(C)C)C(C)(C)C)c1ccc(-c2ccc3c(c2)C(C)(C)c2cc(-c4ccc(C(C)ON(C(c5ccccc5)C(C)C)C(C)(C)C)cc4)ccc2-3)cc1.CC(ON(C(c1ccccc1)C(C)C)C(C)(C)C)c1ccc(Br)cc1.CC1(C)c2cc(Br)ccc2-c2ccc(Br)cc21. The standard InChI is InChI=1S/C59H72N2O2.C22H30BrNO.C15H12Br2.CH4/c1-39(2)55(47-21-17-15-18-22-47)60(57(7,8)9)62-41(5)43-25-29-45(30-26-43)49-33-35-51-52-36-34-50(38-54(52)59(13,14)53(51)37-49)46-31-27-44(28-32-46)42(6)63-61(58(10,11)12)56(40(3)4)48-23-19-16-20-24-48;1-16(2)21(19-10-8-7-9-11-19)24(22(4,5)6)25-17(3)18-12-14-20(23)15-13-18;1-15(2)13-7-9(16)3-5-11(13)12-6-4-10(17)8-14(12)15;/h15-42,55-56H,1-14H3;7-17,21H,1-6H3;3-8H,1-2H3;1H4. The quantitative estimate of drug-likeness (QED) is 0.0708. The molecule has 10 aromatic carbocycles. The molecule has 0 bridgehead atoms. The highest BCUT2D eigenvalue weighted by atomic mass is 79.9. The summed E-state index contributed by atoms with van der Waals surface area (Å²) in [6.07, 6.45) is -0.239. The second-order valence-corrected chi connectivity index (χ2v) is 36.7. The molecule has 6 unspecified atom stereocenters. The minimum Gasteiger partial charge on any atom is -0.290 e. The smallest absolute Gasteiger partial charge is 0.102 e. The molecule has 560 valence electrons. The van der Waals surface area contributed by atoms with Crippen LogP contribution in [0.4, 0.5) is 0 Å². The highest BCUT2D eigenvalue weighted by Crippen LogP contribution is 2.53. The van der Waals surface area contributed by atoms with Gasteiger partial charge >= 0.3 is 0 Å². The van der Waals surface area contributed by atoms with Gasteiger partial charge in [-0.3, -0.25) is 14.5 Å². The molecule has 0 aromatic heterocycles. The van der Waals surface area contributed by atoms with Crippen LogP contribution in [0.5, 0.6) is 0 Å². The van der Waals surface area contributed by atoms with Crippen molar-refractivity contribution in [3.63, 3.8) is 0 Å². The topological polar surface area (TPSA) is 37.4 Å². The van der Waals surface area contributed by atoms with Crippen LogP contribution in [0.15, 0.2) is 250 Å². The maximum Gasteiger partial charge on any atom is 0.102 e. The van der Waals surface area contributed by atoms with E-state index in [1.807, 2.05) is 0 Å². The van der Waals surface area contributed by atoms with Crippen molar-refractivity contribution in [2.75, 3.05) is 0 Å². The van der Waals surface area contributed by atoms with Crippen LogP contribution in [0.2, 0.25) is 0 Å². The van der Waals surface area contributed by atoms with Crippen molar-refractivity contribution in [2.24, 2.45) is 17.8 Å². The summed E-state index contributed by atoms with van der Waals surface area (Å²) in [6.45, 7) is 49.4. The Labute approximate surface area is 664 Å². The number of rotatable bonds is 20. The van der Waals surface area contributed by atoms with E-state index in [0.717, 1.165) is 24.5 Å². The molecule has 0 radical (unpaired) electrons. The summed E-state index contributed by atoms with van der Waals surface area (Å²) >= 11 is 10.6. The predicted octanol–water partition coefficient (Wildman–Crippen LogP) is 29.4. The van der Waals surface area contributed by atoms with E-state index in [1.54, 1.807) is 0 Å². The molecular formula is C97H118Br3N3O3. The van der Waals surface area contributed by atoms with Crippen LogP contribution in [-0.2, 0) is 25.3 Å². The molecular weight excluding hydrogens is 1490 g/mol. The zero-order valence-corrected chi connectivity index (χ0v) is 71.2. The fourth-order valence-electron chi connectivity index (χ4n) is 15.3. The summed E-state index contributed by atoms with van der Waals surface area (Å²) in [6, 6.07) is 86.1. The maximum absolute atomic E-state index is 6.89. The zero-order chi connectivity index (χ0) is 76.3. The van der Waals surface area contributed by atoms with Crippen molar-refractivity contribution < 1.29 is 14.5 Å². The third-order valence-electron chi connectivity index (χ3n) is 20.9. The van der Waals surface area contributed by atoms with Crippen LogP contribution < -0.4 is 0 Å². The Kier molecular flexibility index (Phi) is 27.2. The van der Waals surface area contributed by atoms with Gasteiger partial charge in [-0.2, -0.15) is 15.2 Å². The minimum atomic E-state index is -0.192.